The Morgan fingerprint density at radius 3 is 2.70 bits per heavy atom. The summed E-state index contributed by atoms with van der Waals surface area (Å²) in [5.41, 5.74) is 4.96. The number of morpholine rings is 1. The Labute approximate surface area is 65.5 Å². The van der Waals surface area contributed by atoms with Crippen LogP contribution in [0.25, 0.3) is 0 Å². The molecule has 3 N–H and O–H groups in total. The predicted molar refractivity (Wildman–Crippen MR) is 39.1 cm³/mol. The van der Waals surface area contributed by atoms with Gasteiger partial charge in [0.05, 0.1) is 6.61 Å². The number of carbonyl (C=O) groups is 1. The highest BCUT2D eigenvalue weighted by molar-refractivity contribution is 5.85. The van der Waals surface area contributed by atoms with Gasteiger partial charge in [0, 0.05) is 13.1 Å². The quantitative estimate of drug-likeness (QED) is 0.519. The molecule has 0 aromatic rings. The molecule has 0 aliphatic carbocycles. The highest BCUT2D eigenvalue weighted by Gasteiger charge is 2.17. The van der Waals surface area contributed by atoms with E-state index in [1.165, 1.54) is 0 Å². The number of rotatable bonds is 1. The molecule has 1 aliphatic rings. The minimum absolute atomic E-state index is 0. The first-order valence-electron chi connectivity index (χ1n) is 2.92. The Kier molecular flexibility index (Phi) is 4.34. The molecule has 1 aliphatic heterocycles. The van der Waals surface area contributed by atoms with Gasteiger partial charge in [-0.05, 0) is 0 Å². The molecule has 1 unspecified atom stereocenters. The minimum Gasteiger partial charge on any atom is -0.367 e. The number of nitrogens with one attached hydrogen (secondary N) is 1. The molecule has 0 saturated carbocycles. The molecule has 10 heavy (non-hydrogen) atoms. The van der Waals surface area contributed by atoms with Crippen LogP contribution in [0.3, 0.4) is 0 Å². The number of amides is 1. The van der Waals surface area contributed by atoms with E-state index in [1.807, 2.05) is 0 Å². The summed E-state index contributed by atoms with van der Waals surface area (Å²) in [7, 11) is 0. The Hall–Kier alpha value is -0.320. The molecule has 1 saturated heterocycles. The second kappa shape index (κ2) is 4.49. The van der Waals surface area contributed by atoms with Crippen molar-refractivity contribution in [3.63, 3.8) is 0 Å². The molecular formula is C5H11ClN2O2. The van der Waals surface area contributed by atoms with E-state index in [1.54, 1.807) is 0 Å². The second-order valence-corrected chi connectivity index (χ2v) is 1.97. The van der Waals surface area contributed by atoms with E-state index in [0.29, 0.717) is 13.2 Å². The summed E-state index contributed by atoms with van der Waals surface area (Å²) in [5, 5.41) is 2.99. The Morgan fingerprint density at radius 1 is 1.70 bits per heavy atom. The molecule has 0 radical (unpaired) electrons. The van der Waals surface area contributed by atoms with Crippen LogP contribution < -0.4 is 11.1 Å². The smallest absolute Gasteiger partial charge is 0.247 e. The van der Waals surface area contributed by atoms with Crippen molar-refractivity contribution >= 4 is 18.3 Å². The summed E-state index contributed by atoms with van der Waals surface area (Å²) in [5.74, 6) is -0.387. The zero-order valence-electron chi connectivity index (χ0n) is 5.50. The van der Waals surface area contributed by atoms with Crippen molar-refractivity contribution < 1.29 is 9.53 Å². The Balaban J connectivity index is 0.000000810. The number of ether oxygens (including phenoxy) is 1. The maximum atomic E-state index is 10.4. The van der Waals surface area contributed by atoms with Crippen LogP contribution in [0, 0.1) is 0 Å². The van der Waals surface area contributed by atoms with Crippen molar-refractivity contribution in [1.82, 2.24) is 5.32 Å². The summed E-state index contributed by atoms with van der Waals surface area (Å²) < 4.78 is 5.00. The second-order valence-electron chi connectivity index (χ2n) is 1.97. The average molecular weight is 167 g/mol. The van der Waals surface area contributed by atoms with Crippen molar-refractivity contribution in [2.45, 2.75) is 6.10 Å². The molecular weight excluding hydrogens is 156 g/mol. The van der Waals surface area contributed by atoms with Gasteiger partial charge in [-0.15, -0.1) is 12.4 Å². The molecule has 1 fully saturated rings. The highest BCUT2D eigenvalue weighted by atomic mass is 35.5. The summed E-state index contributed by atoms with van der Waals surface area (Å²) in [6.45, 7) is 1.94. The summed E-state index contributed by atoms with van der Waals surface area (Å²) in [6, 6.07) is 0. The molecule has 5 heteroatoms. The molecule has 0 bridgehead atoms. The monoisotopic (exact) mass is 166 g/mol. The lowest BCUT2D eigenvalue weighted by Gasteiger charge is -2.20. The van der Waals surface area contributed by atoms with Crippen LogP contribution in [0.5, 0.6) is 0 Å². The third-order valence-electron chi connectivity index (χ3n) is 1.24. The van der Waals surface area contributed by atoms with E-state index < -0.39 is 6.10 Å². The number of hydrogen-bond donors (Lipinski definition) is 2. The third-order valence-corrected chi connectivity index (χ3v) is 1.24. The normalized spacial score (nSPS) is 25.0. The van der Waals surface area contributed by atoms with Gasteiger partial charge in [0.15, 0.2) is 0 Å². The van der Waals surface area contributed by atoms with Gasteiger partial charge in [0.1, 0.15) is 6.10 Å². The lowest BCUT2D eigenvalue weighted by atomic mass is 10.3. The van der Waals surface area contributed by atoms with Crippen LogP contribution in [0.15, 0.2) is 0 Å². The van der Waals surface area contributed by atoms with E-state index in [9.17, 15) is 4.79 Å². The highest BCUT2D eigenvalue weighted by Crippen LogP contribution is 1.92. The number of halogens is 1. The van der Waals surface area contributed by atoms with Gasteiger partial charge in [-0.2, -0.15) is 0 Å². The van der Waals surface area contributed by atoms with Gasteiger partial charge < -0.3 is 15.8 Å². The molecule has 0 aromatic carbocycles. The van der Waals surface area contributed by atoms with Crippen LogP contribution in [0.4, 0.5) is 0 Å². The molecule has 0 spiro atoms. The lowest BCUT2D eigenvalue weighted by Crippen LogP contribution is -2.45. The van der Waals surface area contributed by atoms with Crippen LogP contribution in [-0.2, 0) is 9.53 Å². The van der Waals surface area contributed by atoms with Crippen molar-refractivity contribution in [2.75, 3.05) is 19.7 Å². The fourth-order valence-electron chi connectivity index (χ4n) is 0.748. The fourth-order valence-corrected chi connectivity index (χ4v) is 0.748. The van der Waals surface area contributed by atoms with Crippen molar-refractivity contribution in [2.24, 2.45) is 5.73 Å². The van der Waals surface area contributed by atoms with Gasteiger partial charge in [0.2, 0.25) is 5.91 Å². The number of nitrogens with two attached hydrogens (primary N) is 1. The van der Waals surface area contributed by atoms with Crippen molar-refractivity contribution in [3.8, 4) is 0 Å². The van der Waals surface area contributed by atoms with E-state index in [4.69, 9.17) is 10.5 Å². The van der Waals surface area contributed by atoms with Gasteiger partial charge in [-0.3, -0.25) is 4.79 Å². The summed E-state index contributed by atoms with van der Waals surface area (Å²) >= 11 is 0. The standard InChI is InChI=1S/C5H10N2O2.ClH/c6-5(8)4-3-7-1-2-9-4;/h4,7H,1-3H2,(H2,6,8);1H. The van der Waals surface area contributed by atoms with Crippen LogP contribution >= 0.6 is 12.4 Å². The zero-order chi connectivity index (χ0) is 6.69. The molecule has 0 aromatic heterocycles. The molecule has 60 valence electrons. The largest absolute Gasteiger partial charge is 0.367 e. The predicted octanol–water partition coefficient (Wildman–Crippen LogP) is -1.12. The Morgan fingerprint density at radius 2 is 2.40 bits per heavy atom. The minimum atomic E-state index is -0.418. The third kappa shape index (κ3) is 2.51. The van der Waals surface area contributed by atoms with Gasteiger partial charge >= 0.3 is 0 Å². The number of primary amides is 1. The first-order valence-corrected chi connectivity index (χ1v) is 2.92. The Bertz CT molecular complexity index is 114. The van der Waals surface area contributed by atoms with Crippen molar-refractivity contribution in [3.05, 3.63) is 0 Å². The topological polar surface area (TPSA) is 64.4 Å². The van der Waals surface area contributed by atoms with Gasteiger partial charge in [0.25, 0.3) is 0 Å². The van der Waals surface area contributed by atoms with E-state index in [-0.39, 0.29) is 18.3 Å². The molecule has 1 atom stereocenters. The van der Waals surface area contributed by atoms with Crippen LogP contribution in [0.2, 0.25) is 0 Å². The van der Waals surface area contributed by atoms with Crippen LogP contribution in [0.1, 0.15) is 0 Å². The first-order chi connectivity index (χ1) is 4.30. The van der Waals surface area contributed by atoms with E-state index in [2.05, 4.69) is 5.32 Å². The lowest BCUT2D eigenvalue weighted by molar-refractivity contribution is -0.130. The maximum absolute atomic E-state index is 10.4. The molecule has 4 nitrogen and oxygen atoms in total. The fraction of sp³-hybridized carbons (Fsp3) is 0.800. The summed E-state index contributed by atoms with van der Waals surface area (Å²) in [6.07, 6.45) is -0.418. The van der Waals surface area contributed by atoms with Gasteiger partial charge in [-0.1, -0.05) is 0 Å². The van der Waals surface area contributed by atoms with E-state index >= 15 is 0 Å². The number of hydrogen-bond acceptors (Lipinski definition) is 3. The zero-order valence-corrected chi connectivity index (χ0v) is 6.32. The van der Waals surface area contributed by atoms with Crippen LogP contribution in [-0.4, -0.2) is 31.7 Å². The summed E-state index contributed by atoms with van der Waals surface area (Å²) in [4.78, 5) is 10.4. The molecule has 1 rings (SSSR count). The van der Waals surface area contributed by atoms with E-state index in [0.717, 1.165) is 6.54 Å². The first kappa shape index (κ1) is 9.68. The molecule has 1 amide bonds. The van der Waals surface area contributed by atoms with Gasteiger partial charge in [-0.25, -0.2) is 0 Å². The molecule has 1 heterocycles. The average Bonchev–Trinajstić information content (AvgIpc) is 1.90. The number of carbonyl (C=O) groups excluding carboxylic acids is 1. The van der Waals surface area contributed by atoms with Crippen molar-refractivity contribution in [1.29, 1.82) is 0 Å². The maximum Gasteiger partial charge on any atom is 0.247 e. The SMILES string of the molecule is Cl.NC(=O)C1CNCCO1.